The smallest absolute Gasteiger partial charge is 0.143 e. The van der Waals surface area contributed by atoms with Crippen molar-refractivity contribution in [2.45, 2.75) is 19.4 Å². The zero-order valence-electron chi connectivity index (χ0n) is 6.18. The van der Waals surface area contributed by atoms with Crippen LogP contribution in [0.3, 0.4) is 0 Å². The molecule has 1 aliphatic heterocycles. The van der Waals surface area contributed by atoms with Crippen LogP contribution >= 0.6 is 0 Å². The van der Waals surface area contributed by atoms with E-state index in [0.29, 0.717) is 0 Å². The maximum Gasteiger partial charge on any atom is 0.143 e. The Morgan fingerprint density at radius 1 is 1.70 bits per heavy atom. The summed E-state index contributed by atoms with van der Waals surface area (Å²) in [5.41, 5.74) is 0.562. The molecular weight excluding hydrogens is 124 g/mol. The largest absolute Gasteiger partial charge is 0.370 e. The first kappa shape index (κ1) is 6.88. The van der Waals surface area contributed by atoms with Gasteiger partial charge in [0.2, 0.25) is 0 Å². The van der Waals surface area contributed by atoms with Crippen molar-refractivity contribution in [1.82, 2.24) is 5.32 Å². The van der Waals surface area contributed by atoms with Crippen LogP contribution in [-0.2, 0) is 0 Å². The van der Waals surface area contributed by atoms with E-state index in [1.807, 2.05) is 26.0 Å². The van der Waals surface area contributed by atoms with Gasteiger partial charge in [-0.25, -0.2) is 0 Å². The lowest BCUT2D eigenvalue weighted by Crippen LogP contribution is -2.39. The lowest BCUT2D eigenvalue weighted by Gasteiger charge is -2.25. The first-order valence-corrected chi connectivity index (χ1v) is 3.22. The highest BCUT2D eigenvalue weighted by Crippen LogP contribution is 2.17. The molecule has 1 rings (SSSR count). The van der Waals surface area contributed by atoms with E-state index in [0.717, 1.165) is 5.57 Å². The number of rotatable bonds is 0. The minimum atomic E-state index is -0.491. The Kier molecular flexibility index (Phi) is 1.50. The van der Waals surface area contributed by atoms with Crippen molar-refractivity contribution in [3.05, 3.63) is 23.9 Å². The first-order chi connectivity index (χ1) is 4.69. The Morgan fingerprint density at radius 2 is 2.40 bits per heavy atom. The van der Waals surface area contributed by atoms with Crippen molar-refractivity contribution in [2.24, 2.45) is 0 Å². The molecule has 0 spiro atoms. The van der Waals surface area contributed by atoms with E-state index >= 15 is 0 Å². The van der Waals surface area contributed by atoms with Gasteiger partial charge in [0.1, 0.15) is 5.54 Å². The minimum absolute atomic E-state index is 0.491. The van der Waals surface area contributed by atoms with E-state index in [1.54, 1.807) is 6.20 Å². The summed E-state index contributed by atoms with van der Waals surface area (Å²) < 4.78 is 0. The van der Waals surface area contributed by atoms with Crippen LogP contribution in [0.25, 0.3) is 0 Å². The van der Waals surface area contributed by atoms with Crippen LogP contribution in [0, 0.1) is 11.3 Å². The topological polar surface area (TPSA) is 35.8 Å². The molecule has 1 atom stereocenters. The van der Waals surface area contributed by atoms with Crippen molar-refractivity contribution in [1.29, 1.82) is 5.26 Å². The number of nitrogens with zero attached hydrogens (tertiary/aromatic N) is 1. The van der Waals surface area contributed by atoms with E-state index in [9.17, 15) is 0 Å². The average Bonchev–Trinajstić information content (AvgIpc) is 1.96. The molecule has 2 nitrogen and oxygen atoms in total. The van der Waals surface area contributed by atoms with Gasteiger partial charge in [-0.15, -0.1) is 0 Å². The summed E-state index contributed by atoms with van der Waals surface area (Å²) in [5, 5.41) is 11.7. The molecule has 0 amide bonds. The highest BCUT2D eigenvalue weighted by Gasteiger charge is 2.24. The zero-order valence-corrected chi connectivity index (χ0v) is 6.18. The Balaban J connectivity index is 2.95. The quantitative estimate of drug-likeness (QED) is 0.542. The highest BCUT2D eigenvalue weighted by atomic mass is 14.9. The van der Waals surface area contributed by atoms with Crippen LogP contribution in [0.2, 0.25) is 0 Å². The van der Waals surface area contributed by atoms with Gasteiger partial charge in [0.25, 0.3) is 0 Å². The lowest BCUT2D eigenvalue weighted by atomic mass is 9.93. The fourth-order valence-corrected chi connectivity index (χ4v) is 0.808. The van der Waals surface area contributed by atoms with Gasteiger partial charge in [0, 0.05) is 0 Å². The molecule has 0 aromatic heterocycles. The molecular formula is C8H10N2. The molecule has 10 heavy (non-hydrogen) atoms. The summed E-state index contributed by atoms with van der Waals surface area (Å²) >= 11 is 0. The lowest BCUT2D eigenvalue weighted by molar-refractivity contribution is 0.588. The van der Waals surface area contributed by atoms with Gasteiger partial charge in [-0.1, -0.05) is 6.08 Å². The second kappa shape index (κ2) is 2.18. The van der Waals surface area contributed by atoms with Crippen molar-refractivity contribution in [3.63, 3.8) is 0 Å². The molecule has 0 radical (unpaired) electrons. The van der Waals surface area contributed by atoms with Gasteiger partial charge in [-0.3, -0.25) is 0 Å². The standard InChI is InChI=1S/C8H10N2/c1-7-4-3-5-10-8(7,2)6-9/h3-5,10H,1-2H3. The van der Waals surface area contributed by atoms with Gasteiger partial charge in [0.05, 0.1) is 6.07 Å². The molecule has 2 heteroatoms. The SMILES string of the molecule is CC1=CC=CNC1(C)C#N. The Bertz CT molecular complexity index is 232. The number of allylic oxidation sites excluding steroid dienone is 2. The third kappa shape index (κ3) is 0.906. The maximum absolute atomic E-state index is 8.73. The van der Waals surface area contributed by atoms with Crippen LogP contribution in [0.4, 0.5) is 0 Å². The van der Waals surface area contributed by atoms with E-state index in [-0.39, 0.29) is 0 Å². The minimum Gasteiger partial charge on any atom is -0.370 e. The summed E-state index contributed by atoms with van der Waals surface area (Å²) in [6.07, 6.45) is 5.63. The van der Waals surface area contributed by atoms with Crippen molar-refractivity contribution < 1.29 is 0 Å². The van der Waals surface area contributed by atoms with E-state index < -0.39 is 5.54 Å². The second-order valence-electron chi connectivity index (χ2n) is 2.59. The fraction of sp³-hybridized carbons (Fsp3) is 0.375. The molecule has 1 heterocycles. The Labute approximate surface area is 60.9 Å². The third-order valence-corrected chi connectivity index (χ3v) is 1.83. The average molecular weight is 134 g/mol. The molecule has 0 aliphatic carbocycles. The predicted octanol–water partition coefficient (Wildman–Crippen LogP) is 1.33. The van der Waals surface area contributed by atoms with Gasteiger partial charge in [-0.05, 0) is 31.7 Å². The van der Waals surface area contributed by atoms with Crippen LogP contribution in [0.1, 0.15) is 13.8 Å². The molecule has 0 saturated heterocycles. The molecule has 0 aromatic rings. The van der Waals surface area contributed by atoms with Crippen LogP contribution < -0.4 is 5.32 Å². The normalized spacial score (nSPS) is 30.3. The first-order valence-electron chi connectivity index (χ1n) is 3.22. The number of hydrogen-bond acceptors (Lipinski definition) is 2. The number of dihydropyridines is 1. The van der Waals surface area contributed by atoms with E-state index in [1.165, 1.54) is 0 Å². The van der Waals surface area contributed by atoms with Gasteiger partial charge >= 0.3 is 0 Å². The summed E-state index contributed by atoms with van der Waals surface area (Å²) in [4.78, 5) is 0. The maximum atomic E-state index is 8.73. The third-order valence-electron chi connectivity index (χ3n) is 1.83. The number of hydrogen-bond donors (Lipinski definition) is 1. The van der Waals surface area contributed by atoms with Gasteiger partial charge < -0.3 is 5.32 Å². The van der Waals surface area contributed by atoms with Crippen LogP contribution in [0.15, 0.2) is 23.9 Å². The molecule has 0 saturated carbocycles. The molecule has 0 aromatic carbocycles. The molecule has 52 valence electrons. The fourth-order valence-electron chi connectivity index (χ4n) is 0.808. The summed E-state index contributed by atoms with van der Waals surface area (Å²) in [7, 11) is 0. The summed E-state index contributed by atoms with van der Waals surface area (Å²) in [5.74, 6) is 0. The molecule has 1 unspecified atom stereocenters. The Morgan fingerprint density at radius 3 is 2.80 bits per heavy atom. The molecule has 1 N–H and O–H groups in total. The molecule has 0 bridgehead atoms. The zero-order chi connectivity index (χ0) is 7.61. The Hall–Kier alpha value is -1.23. The second-order valence-corrected chi connectivity index (χ2v) is 2.59. The van der Waals surface area contributed by atoms with E-state index in [4.69, 9.17) is 5.26 Å². The van der Waals surface area contributed by atoms with Crippen molar-refractivity contribution in [3.8, 4) is 6.07 Å². The van der Waals surface area contributed by atoms with Crippen LogP contribution in [0.5, 0.6) is 0 Å². The number of nitrogens with one attached hydrogen (secondary N) is 1. The van der Waals surface area contributed by atoms with E-state index in [2.05, 4.69) is 11.4 Å². The van der Waals surface area contributed by atoms with Gasteiger partial charge in [-0.2, -0.15) is 5.26 Å². The monoisotopic (exact) mass is 134 g/mol. The van der Waals surface area contributed by atoms with Crippen molar-refractivity contribution >= 4 is 0 Å². The predicted molar refractivity (Wildman–Crippen MR) is 40.1 cm³/mol. The number of nitriles is 1. The summed E-state index contributed by atoms with van der Waals surface area (Å²) in [6.45, 7) is 3.81. The summed E-state index contributed by atoms with van der Waals surface area (Å²) in [6, 6.07) is 2.20. The van der Waals surface area contributed by atoms with Crippen LogP contribution in [-0.4, -0.2) is 5.54 Å². The van der Waals surface area contributed by atoms with Gasteiger partial charge in [0.15, 0.2) is 0 Å². The molecule has 1 aliphatic rings. The highest BCUT2D eigenvalue weighted by molar-refractivity contribution is 5.34. The molecule has 0 fully saturated rings. The van der Waals surface area contributed by atoms with Crippen molar-refractivity contribution in [2.75, 3.05) is 0 Å².